The Labute approximate surface area is 184 Å². The van der Waals surface area contributed by atoms with Crippen molar-refractivity contribution in [1.29, 1.82) is 0 Å². The summed E-state index contributed by atoms with van der Waals surface area (Å²) < 4.78 is 27.8. The Bertz CT molecular complexity index is 1120. The Hall–Kier alpha value is -2.41. The van der Waals surface area contributed by atoms with Crippen LogP contribution in [0.1, 0.15) is 41.0 Å². The molecule has 2 N–H and O–H groups in total. The lowest BCUT2D eigenvalue weighted by Crippen LogP contribution is -2.49. The van der Waals surface area contributed by atoms with Crippen LogP contribution >= 0.6 is 0 Å². The number of nitrogens with one attached hydrogen (secondary N) is 2. The molecule has 5 rings (SSSR count). The second kappa shape index (κ2) is 8.61. The number of hydrogen-bond donors (Lipinski definition) is 2. The van der Waals surface area contributed by atoms with Crippen LogP contribution in [0.15, 0.2) is 71.9 Å². The maximum absolute atomic E-state index is 12.5. The third-order valence-electron chi connectivity index (χ3n) is 6.79. The van der Waals surface area contributed by atoms with Gasteiger partial charge in [0.05, 0.1) is 4.90 Å². The van der Waals surface area contributed by atoms with Gasteiger partial charge in [0, 0.05) is 30.9 Å². The van der Waals surface area contributed by atoms with Gasteiger partial charge in [0.2, 0.25) is 10.0 Å². The molecule has 0 amide bonds. The SMILES string of the molecule is O=S(=O)(NCc1ccc2c(c1)C(Cc1ccccc1)C(N1CCC1)CC2)c1cc[nH]c1. The molecule has 2 heterocycles. The minimum Gasteiger partial charge on any atom is -0.366 e. The molecule has 2 aromatic carbocycles. The highest BCUT2D eigenvalue weighted by atomic mass is 32.2. The number of benzene rings is 2. The third-order valence-corrected chi connectivity index (χ3v) is 8.19. The van der Waals surface area contributed by atoms with E-state index in [-0.39, 0.29) is 4.90 Å². The molecule has 1 saturated heterocycles. The minimum atomic E-state index is -3.51. The number of aromatic nitrogens is 1. The van der Waals surface area contributed by atoms with E-state index in [0.717, 1.165) is 18.4 Å². The molecule has 0 saturated carbocycles. The number of aromatic amines is 1. The summed E-state index contributed by atoms with van der Waals surface area (Å²) in [4.78, 5) is 5.71. The molecule has 1 aromatic heterocycles. The molecule has 1 aliphatic carbocycles. The van der Waals surface area contributed by atoms with E-state index in [9.17, 15) is 8.42 Å². The molecule has 162 valence electrons. The fraction of sp³-hybridized carbons (Fsp3) is 0.360. The van der Waals surface area contributed by atoms with E-state index < -0.39 is 10.0 Å². The lowest BCUT2D eigenvalue weighted by Gasteiger charge is -2.45. The molecular formula is C25H29N3O2S. The molecule has 2 aliphatic rings. The largest absolute Gasteiger partial charge is 0.366 e. The molecule has 1 fully saturated rings. The molecule has 0 radical (unpaired) electrons. The maximum atomic E-state index is 12.5. The molecule has 2 atom stereocenters. The van der Waals surface area contributed by atoms with Crippen molar-refractivity contribution in [2.45, 2.75) is 49.1 Å². The third kappa shape index (κ3) is 4.33. The van der Waals surface area contributed by atoms with E-state index in [2.05, 4.69) is 63.1 Å². The number of aryl methyl sites for hydroxylation is 1. The zero-order valence-electron chi connectivity index (χ0n) is 17.6. The zero-order chi connectivity index (χ0) is 21.3. The monoisotopic (exact) mass is 435 g/mol. The number of likely N-dealkylation sites (tertiary alicyclic amines) is 1. The average molecular weight is 436 g/mol. The van der Waals surface area contributed by atoms with Gasteiger partial charge in [0.25, 0.3) is 0 Å². The second-order valence-electron chi connectivity index (χ2n) is 8.70. The van der Waals surface area contributed by atoms with Crippen molar-refractivity contribution in [3.63, 3.8) is 0 Å². The van der Waals surface area contributed by atoms with Crippen molar-refractivity contribution >= 4 is 10.0 Å². The van der Waals surface area contributed by atoms with Crippen molar-refractivity contribution in [2.24, 2.45) is 0 Å². The summed E-state index contributed by atoms with van der Waals surface area (Å²) in [6.45, 7) is 2.69. The van der Waals surface area contributed by atoms with E-state index in [1.54, 1.807) is 12.3 Å². The van der Waals surface area contributed by atoms with Gasteiger partial charge in [-0.2, -0.15) is 0 Å². The Balaban J connectivity index is 1.41. The molecule has 31 heavy (non-hydrogen) atoms. The first-order valence-electron chi connectivity index (χ1n) is 11.1. The predicted octanol–water partition coefficient (Wildman–Crippen LogP) is 3.84. The first-order valence-corrected chi connectivity index (χ1v) is 12.6. The van der Waals surface area contributed by atoms with Crippen LogP contribution in [0, 0.1) is 0 Å². The number of rotatable bonds is 7. The van der Waals surface area contributed by atoms with Gasteiger partial charge in [-0.05, 0) is 67.1 Å². The van der Waals surface area contributed by atoms with Crippen molar-refractivity contribution in [3.8, 4) is 0 Å². The van der Waals surface area contributed by atoms with Gasteiger partial charge in [0.15, 0.2) is 0 Å². The minimum absolute atomic E-state index is 0.269. The average Bonchev–Trinajstić information content (AvgIpc) is 3.29. The summed E-state index contributed by atoms with van der Waals surface area (Å²) in [5.41, 5.74) is 5.19. The molecule has 2 unspecified atom stereocenters. The van der Waals surface area contributed by atoms with Crippen LogP contribution in [0.3, 0.4) is 0 Å². The van der Waals surface area contributed by atoms with Gasteiger partial charge < -0.3 is 4.98 Å². The number of nitrogens with zero attached hydrogens (tertiary/aromatic N) is 1. The van der Waals surface area contributed by atoms with Gasteiger partial charge in [-0.3, -0.25) is 4.90 Å². The van der Waals surface area contributed by atoms with Crippen LogP contribution in [-0.2, 0) is 29.4 Å². The number of H-pyrrole nitrogens is 1. The van der Waals surface area contributed by atoms with Gasteiger partial charge in [-0.15, -0.1) is 0 Å². The van der Waals surface area contributed by atoms with Crippen LogP contribution in [0.5, 0.6) is 0 Å². The normalized spacial score (nSPS) is 21.4. The van der Waals surface area contributed by atoms with Gasteiger partial charge in [-0.1, -0.05) is 48.5 Å². The summed E-state index contributed by atoms with van der Waals surface area (Å²) in [5, 5.41) is 0. The second-order valence-corrected chi connectivity index (χ2v) is 10.5. The Morgan fingerprint density at radius 2 is 1.87 bits per heavy atom. The maximum Gasteiger partial charge on any atom is 0.242 e. The highest BCUT2D eigenvalue weighted by Gasteiger charge is 2.35. The topological polar surface area (TPSA) is 65.2 Å². The molecule has 0 spiro atoms. The van der Waals surface area contributed by atoms with E-state index in [1.165, 1.54) is 48.8 Å². The van der Waals surface area contributed by atoms with E-state index in [0.29, 0.717) is 18.5 Å². The summed E-state index contributed by atoms with van der Waals surface area (Å²) in [6, 6.07) is 19.4. The first-order chi connectivity index (χ1) is 15.1. The summed E-state index contributed by atoms with van der Waals surface area (Å²) in [5.74, 6) is 0.438. The highest BCUT2D eigenvalue weighted by molar-refractivity contribution is 7.89. The van der Waals surface area contributed by atoms with Crippen LogP contribution < -0.4 is 4.72 Å². The lowest BCUT2D eigenvalue weighted by molar-refractivity contribution is 0.0877. The Morgan fingerprint density at radius 3 is 2.58 bits per heavy atom. The highest BCUT2D eigenvalue weighted by Crippen LogP contribution is 2.39. The molecule has 6 heteroatoms. The van der Waals surface area contributed by atoms with Gasteiger partial charge in [0.1, 0.15) is 0 Å². The summed E-state index contributed by atoms with van der Waals surface area (Å²) in [6.07, 6.45) is 7.73. The van der Waals surface area contributed by atoms with Gasteiger partial charge >= 0.3 is 0 Å². The molecule has 0 bridgehead atoms. The quantitative estimate of drug-likeness (QED) is 0.593. The first kappa shape index (κ1) is 20.5. The van der Waals surface area contributed by atoms with Crippen LogP contribution in [0.4, 0.5) is 0 Å². The van der Waals surface area contributed by atoms with E-state index >= 15 is 0 Å². The van der Waals surface area contributed by atoms with E-state index in [4.69, 9.17) is 0 Å². The zero-order valence-corrected chi connectivity index (χ0v) is 18.4. The Kier molecular flexibility index (Phi) is 5.69. The fourth-order valence-corrected chi connectivity index (χ4v) is 5.99. The lowest BCUT2D eigenvalue weighted by atomic mass is 9.74. The van der Waals surface area contributed by atoms with Crippen LogP contribution in [0.2, 0.25) is 0 Å². The summed E-state index contributed by atoms with van der Waals surface area (Å²) >= 11 is 0. The van der Waals surface area contributed by atoms with E-state index in [1.807, 2.05) is 0 Å². The number of fused-ring (bicyclic) bond motifs is 1. The predicted molar refractivity (Wildman–Crippen MR) is 122 cm³/mol. The van der Waals surface area contributed by atoms with Crippen molar-refractivity contribution in [1.82, 2.24) is 14.6 Å². The summed E-state index contributed by atoms with van der Waals surface area (Å²) in [7, 11) is -3.51. The molecule has 5 nitrogen and oxygen atoms in total. The standard InChI is InChI=1S/C25H29N3O2S/c29-31(30,22-11-12-26-18-22)27-17-20-7-8-21-9-10-25(28-13-4-14-28)24(23(21)16-20)15-19-5-2-1-3-6-19/h1-3,5-8,11-12,16,18,24-27H,4,9-10,13-15,17H2. The molecular weight excluding hydrogens is 406 g/mol. The van der Waals surface area contributed by atoms with Crippen LogP contribution in [0.25, 0.3) is 0 Å². The van der Waals surface area contributed by atoms with Crippen LogP contribution in [-0.4, -0.2) is 37.4 Å². The number of hydrogen-bond acceptors (Lipinski definition) is 3. The van der Waals surface area contributed by atoms with Crippen molar-refractivity contribution in [2.75, 3.05) is 13.1 Å². The Morgan fingerprint density at radius 1 is 1.03 bits per heavy atom. The fourth-order valence-electron chi connectivity index (χ4n) is 5.00. The van der Waals surface area contributed by atoms with Gasteiger partial charge in [-0.25, -0.2) is 13.1 Å². The number of sulfonamides is 1. The van der Waals surface area contributed by atoms with Crippen molar-refractivity contribution in [3.05, 3.63) is 89.2 Å². The van der Waals surface area contributed by atoms with Crippen molar-refractivity contribution < 1.29 is 8.42 Å². The molecule has 1 aliphatic heterocycles. The molecule has 3 aromatic rings. The smallest absolute Gasteiger partial charge is 0.242 e.